The van der Waals surface area contributed by atoms with E-state index >= 15 is 0 Å². The Bertz CT molecular complexity index is 392. The van der Waals surface area contributed by atoms with Gasteiger partial charge in [-0.3, -0.25) is 4.79 Å². The Morgan fingerprint density at radius 3 is 2.76 bits per heavy atom. The molecule has 0 aromatic heterocycles. The molecule has 0 saturated carbocycles. The number of ether oxygens (including phenoxy) is 1. The second-order valence-corrected chi connectivity index (χ2v) is 4.43. The summed E-state index contributed by atoms with van der Waals surface area (Å²) in [5.74, 6) is -0.198. The van der Waals surface area contributed by atoms with Crippen molar-refractivity contribution in [3.05, 3.63) is 28.2 Å². The van der Waals surface area contributed by atoms with Crippen molar-refractivity contribution in [1.82, 2.24) is 0 Å². The number of hydrogen-bond donors (Lipinski definition) is 2. The molecule has 17 heavy (non-hydrogen) atoms. The number of rotatable bonds is 6. The van der Waals surface area contributed by atoms with Crippen LogP contribution in [-0.2, 0) is 4.79 Å². The Hall–Kier alpha value is -1.07. The zero-order valence-corrected chi connectivity index (χ0v) is 11.1. The van der Waals surface area contributed by atoms with E-state index in [1.165, 1.54) is 0 Å². The van der Waals surface area contributed by atoms with Crippen LogP contribution in [0.25, 0.3) is 0 Å². The molecule has 1 atom stereocenters. The number of carboxylic acid groups (broad SMARTS) is 1. The van der Waals surface area contributed by atoms with Crippen LogP contribution in [0.1, 0.15) is 31.4 Å². The molecule has 0 fully saturated rings. The van der Waals surface area contributed by atoms with Gasteiger partial charge < -0.3 is 14.9 Å². The molecule has 0 radical (unpaired) electrons. The van der Waals surface area contributed by atoms with Crippen LogP contribution < -0.4 is 4.74 Å². The fourth-order valence-corrected chi connectivity index (χ4v) is 1.93. The summed E-state index contributed by atoms with van der Waals surface area (Å²) in [7, 11) is 0. The number of aliphatic hydroxyl groups is 1. The maximum atomic E-state index is 10.4. The fourth-order valence-electron chi connectivity index (χ4n) is 1.42. The van der Waals surface area contributed by atoms with Gasteiger partial charge in [0.05, 0.1) is 17.2 Å². The second kappa shape index (κ2) is 6.61. The van der Waals surface area contributed by atoms with Crippen molar-refractivity contribution in [3.63, 3.8) is 0 Å². The van der Waals surface area contributed by atoms with Crippen molar-refractivity contribution in [2.24, 2.45) is 0 Å². The van der Waals surface area contributed by atoms with Gasteiger partial charge in [-0.15, -0.1) is 0 Å². The number of halogens is 1. The van der Waals surface area contributed by atoms with E-state index in [2.05, 4.69) is 15.9 Å². The number of carboxylic acids is 1. The first-order valence-corrected chi connectivity index (χ1v) is 6.16. The predicted molar refractivity (Wildman–Crippen MR) is 67.1 cm³/mol. The Balaban J connectivity index is 2.71. The van der Waals surface area contributed by atoms with Crippen LogP contribution >= 0.6 is 15.9 Å². The summed E-state index contributed by atoms with van der Waals surface area (Å²) in [5.41, 5.74) is 0.682. The zero-order chi connectivity index (χ0) is 12.8. The molecule has 4 nitrogen and oxygen atoms in total. The van der Waals surface area contributed by atoms with Gasteiger partial charge in [0.1, 0.15) is 5.75 Å². The molecule has 0 bridgehead atoms. The molecule has 0 aliphatic rings. The summed E-state index contributed by atoms with van der Waals surface area (Å²) in [6, 6.07) is 5.24. The molecule has 94 valence electrons. The third-order valence-corrected chi connectivity index (χ3v) is 2.89. The molecule has 0 amide bonds. The molecule has 1 unspecified atom stereocenters. The molecule has 0 aliphatic heterocycles. The van der Waals surface area contributed by atoms with Crippen LogP contribution in [0.5, 0.6) is 5.75 Å². The zero-order valence-electron chi connectivity index (χ0n) is 9.52. The lowest BCUT2D eigenvalue weighted by atomic mass is 10.0. The van der Waals surface area contributed by atoms with E-state index in [1.54, 1.807) is 18.2 Å². The van der Waals surface area contributed by atoms with Crippen LogP contribution in [0.4, 0.5) is 0 Å². The van der Waals surface area contributed by atoms with E-state index in [1.807, 2.05) is 6.92 Å². The lowest BCUT2D eigenvalue weighted by molar-refractivity contribution is -0.137. The van der Waals surface area contributed by atoms with Crippen molar-refractivity contribution >= 4 is 21.9 Å². The standard InChI is InChI=1S/C12H15BrO4/c1-2-17-11-5-3-8(7-9(11)13)10(14)4-6-12(15)16/h3,5,7,10,14H,2,4,6H2,1H3,(H,15,16). The number of carbonyl (C=O) groups is 1. The molecule has 5 heteroatoms. The monoisotopic (exact) mass is 302 g/mol. The highest BCUT2D eigenvalue weighted by Crippen LogP contribution is 2.29. The smallest absolute Gasteiger partial charge is 0.303 e. The summed E-state index contributed by atoms with van der Waals surface area (Å²) < 4.78 is 6.10. The SMILES string of the molecule is CCOc1ccc(C(O)CCC(=O)O)cc1Br. The highest BCUT2D eigenvalue weighted by molar-refractivity contribution is 9.10. The molecule has 1 rings (SSSR count). The second-order valence-electron chi connectivity index (χ2n) is 3.57. The van der Waals surface area contributed by atoms with E-state index in [4.69, 9.17) is 9.84 Å². The van der Waals surface area contributed by atoms with Gasteiger partial charge in [0.15, 0.2) is 0 Å². The van der Waals surface area contributed by atoms with Gasteiger partial charge in [0.2, 0.25) is 0 Å². The summed E-state index contributed by atoms with van der Waals surface area (Å²) in [5, 5.41) is 18.3. The Morgan fingerprint density at radius 1 is 1.53 bits per heavy atom. The molecule has 0 heterocycles. The normalized spacial score (nSPS) is 12.2. The van der Waals surface area contributed by atoms with Crippen LogP contribution in [0.3, 0.4) is 0 Å². The molecular weight excluding hydrogens is 288 g/mol. The van der Waals surface area contributed by atoms with E-state index in [0.29, 0.717) is 17.9 Å². The largest absolute Gasteiger partial charge is 0.493 e. The molecule has 0 spiro atoms. The van der Waals surface area contributed by atoms with Crippen molar-refractivity contribution in [3.8, 4) is 5.75 Å². The van der Waals surface area contributed by atoms with Gasteiger partial charge in [0.25, 0.3) is 0 Å². The topological polar surface area (TPSA) is 66.8 Å². The number of aliphatic hydroxyl groups excluding tert-OH is 1. The predicted octanol–water partition coefficient (Wildman–Crippen LogP) is 2.75. The van der Waals surface area contributed by atoms with Crippen molar-refractivity contribution in [2.45, 2.75) is 25.9 Å². The van der Waals surface area contributed by atoms with E-state index in [-0.39, 0.29) is 12.8 Å². The first-order valence-electron chi connectivity index (χ1n) is 5.36. The van der Waals surface area contributed by atoms with Gasteiger partial charge >= 0.3 is 5.97 Å². The van der Waals surface area contributed by atoms with E-state index in [9.17, 15) is 9.90 Å². The minimum absolute atomic E-state index is 0.0496. The van der Waals surface area contributed by atoms with Gasteiger partial charge in [-0.2, -0.15) is 0 Å². The van der Waals surface area contributed by atoms with Crippen molar-refractivity contribution < 1.29 is 19.7 Å². The average Bonchev–Trinajstić information content (AvgIpc) is 2.28. The maximum Gasteiger partial charge on any atom is 0.303 e. The summed E-state index contributed by atoms with van der Waals surface area (Å²) >= 11 is 3.34. The van der Waals surface area contributed by atoms with Gasteiger partial charge in [-0.05, 0) is 47.0 Å². The molecule has 0 saturated heterocycles. The highest BCUT2D eigenvalue weighted by Gasteiger charge is 2.11. The van der Waals surface area contributed by atoms with Crippen LogP contribution in [-0.4, -0.2) is 22.8 Å². The Kier molecular flexibility index (Phi) is 5.44. The highest BCUT2D eigenvalue weighted by atomic mass is 79.9. The molecular formula is C12H15BrO4. The van der Waals surface area contributed by atoms with Gasteiger partial charge in [-0.1, -0.05) is 6.07 Å². The lowest BCUT2D eigenvalue weighted by Gasteiger charge is -2.12. The quantitative estimate of drug-likeness (QED) is 0.848. The van der Waals surface area contributed by atoms with Crippen molar-refractivity contribution in [1.29, 1.82) is 0 Å². The fraction of sp³-hybridized carbons (Fsp3) is 0.417. The van der Waals surface area contributed by atoms with Crippen LogP contribution in [0, 0.1) is 0 Å². The third kappa shape index (κ3) is 4.36. The van der Waals surface area contributed by atoms with Gasteiger partial charge in [-0.25, -0.2) is 0 Å². The Morgan fingerprint density at radius 2 is 2.24 bits per heavy atom. The first kappa shape index (κ1) is 14.0. The number of aliphatic carboxylic acids is 1. The van der Waals surface area contributed by atoms with E-state index in [0.717, 1.165) is 4.47 Å². The first-order chi connectivity index (χ1) is 8.04. The van der Waals surface area contributed by atoms with E-state index < -0.39 is 12.1 Å². The number of hydrogen-bond acceptors (Lipinski definition) is 3. The summed E-state index contributed by atoms with van der Waals surface area (Å²) in [4.78, 5) is 10.4. The minimum Gasteiger partial charge on any atom is -0.493 e. The minimum atomic E-state index is -0.908. The Labute approximate surface area is 108 Å². The molecule has 2 N–H and O–H groups in total. The molecule has 1 aromatic rings. The maximum absolute atomic E-state index is 10.4. The van der Waals surface area contributed by atoms with Crippen LogP contribution in [0.2, 0.25) is 0 Å². The molecule has 0 aliphatic carbocycles. The van der Waals surface area contributed by atoms with Crippen molar-refractivity contribution in [2.75, 3.05) is 6.61 Å². The van der Waals surface area contributed by atoms with Gasteiger partial charge in [0, 0.05) is 6.42 Å². The summed E-state index contributed by atoms with van der Waals surface area (Å²) in [6.07, 6.45) is -0.611. The number of benzene rings is 1. The molecule has 1 aromatic carbocycles. The van der Waals surface area contributed by atoms with Crippen LogP contribution in [0.15, 0.2) is 22.7 Å². The third-order valence-electron chi connectivity index (χ3n) is 2.27. The summed E-state index contributed by atoms with van der Waals surface area (Å²) in [6.45, 7) is 2.46. The lowest BCUT2D eigenvalue weighted by Crippen LogP contribution is -2.03. The average molecular weight is 303 g/mol.